The van der Waals surface area contributed by atoms with E-state index < -0.39 is 0 Å². The molecule has 0 saturated carbocycles. The van der Waals surface area contributed by atoms with E-state index in [1.54, 1.807) is 24.3 Å². The second-order valence-corrected chi connectivity index (χ2v) is 7.72. The maximum atomic E-state index is 10.5. The average molecular weight is 380 g/mol. The fraction of sp³-hybridized carbons (Fsp3) is 0.333. The van der Waals surface area contributed by atoms with Crippen molar-refractivity contribution < 1.29 is 20.1 Å². The molecule has 0 unspecified atom stereocenters. The predicted molar refractivity (Wildman–Crippen MR) is 111 cm³/mol. The zero-order valence-electron chi connectivity index (χ0n) is 16.7. The van der Waals surface area contributed by atoms with Crippen molar-refractivity contribution in [3.63, 3.8) is 0 Å². The Balaban J connectivity index is 1.71. The van der Waals surface area contributed by atoms with Crippen molar-refractivity contribution in [1.29, 1.82) is 0 Å². The fourth-order valence-electron chi connectivity index (χ4n) is 3.43. The number of allylic oxidation sites excluding steroid dienone is 4. The number of aromatic hydroxyl groups is 3. The zero-order valence-corrected chi connectivity index (χ0v) is 16.7. The molecule has 0 aromatic heterocycles. The van der Waals surface area contributed by atoms with Crippen molar-refractivity contribution in [3.8, 4) is 23.0 Å². The quantitative estimate of drug-likeness (QED) is 0.561. The summed E-state index contributed by atoms with van der Waals surface area (Å²) in [5.41, 5.74) is 4.79. The molecule has 3 rings (SSSR count). The van der Waals surface area contributed by atoms with Crippen LogP contribution in [0.1, 0.15) is 56.4 Å². The van der Waals surface area contributed by atoms with Crippen molar-refractivity contribution in [2.45, 2.75) is 52.6 Å². The third-order valence-corrected chi connectivity index (χ3v) is 5.07. The van der Waals surface area contributed by atoms with Crippen LogP contribution in [0, 0.1) is 0 Å². The van der Waals surface area contributed by atoms with Crippen LogP contribution in [0.5, 0.6) is 23.0 Å². The van der Waals surface area contributed by atoms with Gasteiger partial charge in [-0.3, -0.25) is 0 Å². The van der Waals surface area contributed by atoms with E-state index in [0.717, 1.165) is 24.0 Å². The first-order valence-electron chi connectivity index (χ1n) is 9.65. The molecule has 0 radical (unpaired) electrons. The highest BCUT2D eigenvalue weighted by Crippen LogP contribution is 2.41. The van der Waals surface area contributed by atoms with Crippen LogP contribution in [0.4, 0.5) is 0 Å². The minimum Gasteiger partial charge on any atom is -0.508 e. The lowest BCUT2D eigenvalue weighted by molar-refractivity contribution is 0.237. The van der Waals surface area contributed by atoms with Gasteiger partial charge < -0.3 is 20.1 Å². The summed E-state index contributed by atoms with van der Waals surface area (Å²) in [6.07, 6.45) is 7.06. The Morgan fingerprint density at radius 2 is 1.75 bits per heavy atom. The molecule has 0 saturated heterocycles. The van der Waals surface area contributed by atoms with Gasteiger partial charge in [0.2, 0.25) is 0 Å². The van der Waals surface area contributed by atoms with E-state index in [4.69, 9.17) is 4.74 Å². The van der Waals surface area contributed by atoms with Gasteiger partial charge in [0.25, 0.3) is 0 Å². The Morgan fingerprint density at radius 3 is 2.43 bits per heavy atom. The van der Waals surface area contributed by atoms with E-state index in [0.29, 0.717) is 24.2 Å². The number of ether oxygens (including phenoxy) is 1. The monoisotopic (exact) mass is 380 g/mol. The summed E-state index contributed by atoms with van der Waals surface area (Å²) in [7, 11) is 0. The molecule has 0 spiro atoms. The molecule has 1 atom stereocenters. The van der Waals surface area contributed by atoms with Crippen LogP contribution in [-0.4, -0.2) is 15.3 Å². The highest BCUT2D eigenvalue weighted by molar-refractivity contribution is 5.50. The smallest absolute Gasteiger partial charge is 0.128 e. The van der Waals surface area contributed by atoms with Crippen LogP contribution in [0.2, 0.25) is 0 Å². The van der Waals surface area contributed by atoms with Crippen LogP contribution in [-0.2, 0) is 12.8 Å². The highest BCUT2D eigenvalue weighted by Gasteiger charge is 2.26. The van der Waals surface area contributed by atoms with Gasteiger partial charge in [-0.05, 0) is 69.4 Å². The molecule has 3 N–H and O–H groups in total. The van der Waals surface area contributed by atoms with Gasteiger partial charge in [-0.2, -0.15) is 0 Å². The average Bonchev–Trinajstić information content (AvgIpc) is 3.03. The van der Waals surface area contributed by atoms with E-state index in [2.05, 4.69) is 32.9 Å². The third kappa shape index (κ3) is 4.69. The molecule has 1 aliphatic heterocycles. The molecule has 28 heavy (non-hydrogen) atoms. The van der Waals surface area contributed by atoms with E-state index in [1.165, 1.54) is 11.1 Å². The normalized spacial score (nSPS) is 15.8. The van der Waals surface area contributed by atoms with Crippen LogP contribution < -0.4 is 4.74 Å². The molecule has 0 aliphatic carbocycles. The standard InChI is InChI=1S/C24H28O4/c1-15(2)5-4-6-16(3)7-10-20-21(26)11-18(12-22(20)27)23-13-17-8-9-19(25)14-24(17)28-23/h5,7-9,11-12,14,23,25-27H,4,6,10,13H2,1-3H3/b16-7+/t23-/m0/s1. The van der Waals surface area contributed by atoms with E-state index in [-0.39, 0.29) is 23.4 Å². The maximum absolute atomic E-state index is 10.5. The van der Waals surface area contributed by atoms with Gasteiger partial charge in [0.15, 0.2) is 0 Å². The van der Waals surface area contributed by atoms with E-state index >= 15 is 0 Å². The SMILES string of the molecule is CC(C)=CCC/C(C)=C/Cc1c(O)cc([C@@H]2Cc3ccc(O)cc3O2)cc1O. The number of hydrogen-bond donors (Lipinski definition) is 3. The molecule has 0 bridgehead atoms. The summed E-state index contributed by atoms with van der Waals surface area (Å²) in [5, 5.41) is 30.5. The molecular weight excluding hydrogens is 352 g/mol. The van der Waals surface area contributed by atoms with Crippen molar-refractivity contribution in [2.24, 2.45) is 0 Å². The van der Waals surface area contributed by atoms with Crippen molar-refractivity contribution in [3.05, 3.63) is 70.3 Å². The lowest BCUT2D eigenvalue weighted by Crippen LogP contribution is -2.03. The summed E-state index contributed by atoms with van der Waals surface area (Å²) in [5.74, 6) is 0.951. The highest BCUT2D eigenvalue weighted by atomic mass is 16.5. The summed E-state index contributed by atoms with van der Waals surface area (Å²) in [4.78, 5) is 0. The molecular formula is C24H28O4. The van der Waals surface area contributed by atoms with Crippen molar-refractivity contribution >= 4 is 0 Å². The second kappa shape index (κ2) is 8.42. The molecule has 4 heteroatoms. The van der Waals surface area contributed by atoms with Gasteiger partial charge in [0.1, 0.15) is 29.1 Å². The van der Waals surface area contributed by atoms with E-state index in [1.807, 2.05) is 6.07 Å². The minimum absolute atomic E-state index is 0.0748. The van der Waals surface area contributed by atoms with Gasteiger partial charge in [-0.25, -0.2) is 0 Å². The number of fused-ring (bicyclic) bond motifs is 1. The largest absolute Gasteiger partial charge is 0.508 e. The number of phenolic OH excluding ortho intramolecular Hbond substituents is 3. The molecule has 1 aliphatic rings. The number of rotatable bonds is 6. The van der Waals surface area contributed by atoms with Crippen LogP contribution in [0.3, 0.4) is 0 Å². The summed E-state index contributed by atoms with van der Waals surface area (Å²) < 4.78 is 5.89. The molecule has 148 valence electrons. The Hall–Kier alpha value is -2.88. The minimum atomic E-state index is -0.288. The Kier molecular flexibility index (Phi) is 5.98. The van der Waals surface area contributed by atoms with Gasteiger partial charge >= 0.3 is 0 Å². The molecule has 1 heterocycles. The maximum Gasteiger partial charge on any atom is 0.128 e. The van der Waals surface area contributed by atoms with Crippen molar-refractivity contribution in [2.75, 3.05) is 0 Å². The van der Waals surface area contributed by atoms with E-state index in [9.17, 15) is 15.3 Å². The Labute approximate surface area is 166 Å². The second-order valence-electron chi connectivity index (χ2n) is 7.72. The molecule has 2 aromatic rings. The lowest BCUT2D eigenvalue weighted by Gasteiger charge is -2.14. The summed E-state index contributed by atoms with van der Waals surface area (Å²) >= 11 is 0. The first-order chi connectivity index (χ1) is 13.3. The molecule has 0 fully saturated rings. The first kappa shape index (κ1) is 19.9. The third-order valence-electron chi connectivity index (χ3n) is 5.07. The van der Waals surface area contributed by atoms with Gasteiger partial charge in [0, 0.05) is 18.1 Å². The molecule has 0 amide bonds. The van der Waals surface area contributed by atoms with Crippen LogP contribution in [0.15, 0.2) is 53.6 Å². The topological polar surface area (TPSA) is 69.9 Å². The van der Waals surface area contributed by atoms with Crippen molar-refractivity contribution in [1.82, 2.24) is 0 Å². The van der Waals surface area contributed by atoms with Gasteiger partial charge in [0.05, 0.1) is 0 Å². The Morgan fingerprint density at radius 1 is 1.04 bits per heavy atom. The number of phenols is 3. The summed E-state index contributed by atoms with van der Waals surface area (Å²) in [6.45, 7) is 6.25. The molecule has 2 aromatic carbocycles. The fourth-order valence-corrected chi connectivity index (χ4v) is 3.43. The number of hydrogen-bond acceptors (Lipinski definition) is 4. The predicted octanol–water partition coefficient (Wildman–Crippen LogP) is 5.71. The number of benzene rings is 2. The Bertz CT molecular complexity index is 897. The molecule has 4 nitrogen and oxygen atoms in total. The summed E-state index contributed by atoms with van der Waals surface area (Å²) in [6, 6.07) is 8.39. The van der Waals surface area contributed by atoms with Crippen LogP contribution in [0.25, 0.3) is 0 Å². The lowest BCUT2D eigenvalue weighted by atomic mass is 9.98. The first-order valence-corrected chi connectivity index (χ1v) is 9.65. The van der Waals surface area contributed by atoms with Gasteiger partial charge in [-0.15, -0.1) is 0 Å². The van der Waals surface area contributed by atoms with Gasteiger partial charge in [-0.1, -0.05) is 29.4 Å². The van der Waals surface area contributed by atoms with Crippen LogP contribution >= 0.6 is 0 Å². The zero-order chi connectivity index (χ0) is 20.3.